The topological polar surface area (TPSA) is 80.5 Å². The van der Waals surface area contributed by atoms with Crippen LogP contribution in [0.5, 0.6) is 0 Å². The van der Waals surface area contributed by atoms with E-state index in [1.165, 1.54) is 9.58 Å². The number of nitrogens with zero attached hydrogens (tertiary/aromatic N) is 4. The van der Waals surface area contributed by atoms with E-state index in [4.69, 9.17) is 16.3 Å². The van der Waals surface area contributed by atoms with Gasteiger partial charge in [-0.1, -0.05) is 22.9 Å². The van der Waals surface area contributed by atoms with Gasteiger partial charge in [0, 0.05) is 0 Å². The number of carboxylic acid groups (broad SMARTS) is 1. The van der Waals surface area contributed by atoms with Gasteiger partial charge in [-0.25, -0.2) is 9.48 Å². The first-order chi connectivity index (χ1) is 10.4. The van der Waals surface area contributed by atoms with Gasteiger partial charge >= 0.3 is 6.09 Å². The van der Waals surface area contributed by atoms with E-state index in [1.54, 1.807) is 38.4 Å². The second-order valence-electron chi connectivity index (χ2n) is 5.48. The Morgan fingerprint density at radius 1 is 1.50 bits per heavy atom. The Morgan fingerprint density at radius 2 is 2.27 bits per heavy atom. The summed E-state index contributed by atoms with van der Waals surface area (Å²) in [4.78, 5) is 12.9. The van der Waals surface area contributed by atoms with E-state index in [1.807, 2.05) is 6.07 Å². The number of ether oxygens (including phenoxy) is 1. The maximum absolute atomic E-state index is 11.6. The SMILES string of the molecule is CC1(C)OC[C@H](c2ccc(Cl)c(-n3ccnn3)c2)N1C(=O)O. The molecule has 0 saturated carbocycles. The summed E-state index contributed by atoms with van der Waals surface area (Å²) >= 11 is 6.20. The predicted molar refractivity (Wildman–Crippen MR) is 79.0 cm³/mol. The van der Waals surface area contributed by atoms with Crippen molar-refractivity contribution in [3.8, 4) is 5.69 Å². The quantitative estimate of drug-likeness (QED) is 0.919. The van der Waals surface area contributed by atoms with Crippen LogP contribution in [-0.2, 0) is 4.74 Å². The van der Waals surface area contributed by atoms with Crippen LogP contribution in [-0.4, -0.2) is 43.4 Å². The first-order valence-corrected chi connectivity index (χ1v) is 7.10. The maximum Gasteiger partial charge on any atom is 0.410 e. The van der Waals surface area contributed by atoms with E-state index in [0.29, 0.717) is 10.7 Å². The summed E-state index contributed by atoms with van der Waals surface area (Å²) in [5.74, 6) is 0. The molecule has 1 amide bonds. The molecule has 1 fully saturated rings. The molecule has 1 aromatic heterocycles. The smallest absolute Gasteiger partial charge is 0.410 e. The van der Waals surface area contributed by atoms with Crippen LogP contribution in [0.1, 0.15) is 25.5 Å². The van der Waals surface area contributed by atoms with E-state index >= 15 is 0 Å². The summed E-state index contributed by atoms with van der Waals surface area (Å²) < 4.78 is 7.16. The molecule has 3 rings (SSSR count). The van der Waals surface area contributed by atoms with Gasteiger partial charge in [0.15, 0.2) is 0 Å². The Bertz CT molecular complexity index is 702. The summed E-state index contributed by atoms with van der Waals surface area (Å²) in [7, 11) is 0. The lowest BCUT2D eigenvalue weighted by atomic mass is 10.1. The predicted octanol–water partition coefficient (Wildman–Crippen LogP) is 2.71. The number of benzene rings is 1. The molecule has 0 bridgehead atoms. The molecule has 2 aromatic rings. The molecule has 1 aromatic carbocycles. The number of carbonyl (C=O) groups is 1. The molecule has 1 aliphatic rings. The van der Waals surface area contributed by atoms with Crippen LogP contribution in [0.15, 0.2) is 30.6 Å². The molecule has 1 aliphatic heterocycles. The van der Waals surface area contributed by atoms with Crippen molar-refractivity contribution in [3.05, 3.63) is 41.2 Å². The molecule has 0 spiro atoms. The van der Waals surface area contributed by atoms with Gasteiger partial charge < -0.3 is 9.84 Å². The summed E-state index contributed by atoms with van der Waals surface area (Å²) in [6.07, 6.45) is 2.20. The average molecular weight is 323 g/mol. The molecule has 7 nitrogen and oxygen atoms in total. The summed E-state index contributed by atoms with van der Waals surface area (Å²) in [6, 6.07) is 4.93. The molecule has 8 heteroatoms. The summed E-state index contributed by atoms with van der Waals surface area (Å²) in [6.45, 7) is 3.75. The van der Waals surface area contributed by atoms with Crippen LogP contribution in [0, 0.1) is 0 Å². The minimum absolute atomic E-state index is 0.289. The number of rotatable bonds is 2. The fraction of sp³-hybridized carbons (Fsp3) is 0.357. The molecule has 1 atom stereocenters. The van der Waals surface area contributed by atoms with E-state index in [-0.39, 0.29) is 6.61 Å². The lowest BCUT2D eigenvalue weighted by Crippen LogP contribution is -2.44. The zero-order chi connectivity index (χ0) is 15.9. The van der Waals surface area contributed by atoms with Crippen molar-refractivity contribution in [1.82, 2.24) is 19.9 Å². The van der Waals surface area contributed by atoms with E-state index in [2.05, 4.69) is 10.3 Å². The van der Waals surface area contributed by atoms with Crippen molar-refractivity contribution >= 4 is 17.7 Å². The van der Waals surface area contributed by atoms with Crippen molar-refractivity contribution in [1.29, 1.82) is 0 Å². The van der Waals surface area contributed by atoms with Gasteiger partial charge in [-0.3, -0.25) is 4.90 Å². The first-order valence-electron chi connectivity index (χ1n) is 6.72. The molecule has 0 unspecified atom stereocenters. The third-order valence-electron chi connectivity index (χ3n) is 3.72. The monoisotopic (exact) mass is 322 g/mol. The third-order valence-corrected chi connectivity index (χ3v) is 4.04. The zero-order valence-corrected chi connectivity index (χ0v) is 12.9. The fourth-order valence-corrected chi connectivity index (χ4v) is 2.86. The Labute approximate surface area is 132 Å². The molecule has 22 heavy (non-hydrogen) atoms. The van der Waals surface area contributed by atoms with Gasteiger partial charge in [0.2, 0.25) is 0 Å². The van der Waals surface area contributed by atoms with Gasteiger partial charge in [-0.05, 0) is 31.5 Å². The van der Waals surface area contributed by atoms with E-state index in [9.17, 15) is 9.90 Å². The molecular formula is C14H15ClN4O3. The van der Waals surface area contributed by atoms with Gasteiger partial charge in [-0.2, -0.15) is 0 Å². The van der Waals surface area contributed by atoms with Crippen LogP contribution >= 0.6 is 11.6 Å². The molecule has 116 valence electrons. The van der Waals surface area contributed by atoms with Crippen molar-refractivity contribution in [3.63, 3.8) is 0 Å². The van der Waals surface area contributed by atoms with E-state index in [0.717, 1.165) is 5.56 Å². The first kappa shape index (κ1) is 14.8. The van der Waals surface area contributed by atoms with Crippen LogP contribution in [0.4, 0.5) is 4.79 Å². The fourth-order valence-electron chi connectivity index (χ4n) is 2.66. The lowest BCUT2D eigenvalue weighted by molar-refractivity contribution is -0.0420. The van der Waals surface area contributed by atoms with Gasteiger partial charge in [0.1, 0.15) is 5.72 Å². The van der Waals surface area contributed by atoms with Crippen molar-refractivity contribution in [2.75, 3.05) is 6.61 Å². The van der Waals surface area contributed by atoms with Gasteiger partial charge in [-0.15, -0.1) is 5.10 Å². The van der Waals surface area contributed by atoms with Crippen LogP contribution in [0.2, 0.25) is 5.02 Å². The Morgan fingerprint density at radius 3 is 2.91 bits per heavy atom. The minimum atomic E-state index is -1.02. The van der Waals surface area contributed by atoms with Crippen molar-refractivity contribution in [2.45, 2.75) is 25.6 Å². The second kappa shape index (κ2) is 5.26. The normalized spacial score (nSPS) is 20.3. The highest BCUT2D eigenvalue weighted by atomic mass is 35.5. The number of aromatic nitrogens is 3. The molecular weight excluding hydrogens is 308 g/mol. The zero-order valence-electron chi connectivity index (χ0n) is 12.1. The van der Waals surface area contributed by atoms with Crippen molar-refractivity contribution in [2.24, 2.45) is 0 Å². The van der Waals surface area contributed by atoms with Crippen LogP contribution in [0.3, 0.4) is 0 Å². The van der Waals surface area contributed by atoms with E-state index < -0.39 is 17.9 Å². The number of hydrogen-bond acceptors (Lipinski definition) is 4. The molecule has 2 heterocycles. The highest BCUT2D eigenvalue weighted by molar-refractivity contribution is 6.32. The Balaban J connectivity index is 2.02. The molecule has 0 aliphatic carbocycles. The standard InChI is InChI=1S/C14H15ClN4O3/c1-14(2)19(13(20)21)12(8-22-14)9-3-4-10(15)11(7-9)18-6-5-16-17-18/h3-7,12H,8H2,1-2H3,(H,20,21)/t12-/m1/s1. The molecule has 0 radical (unpaired) electrons. The number of amides is 1. The van der Waals surface area contributed by atoms with Gasteiger partial charge in [0.25, 0.3) is 0 Å². The second-order valence-corrected chi connectivity index (χ2v) is 5.89. The highest BCUT2D eigenvalue weighted by Crippen LogP contribution is 2.38. The van der Waals surface area contributed by atoms with Gasteiger partial charge in [0.05, 0.1) is 35.8 Å². The maximum atomic E-state index is 11.6. The third kappa shape index (κ3) is 2.42. The van der Waals surface area contributed by atoms with Crippen molar-refractivity contribution < 1.29 is 14.6 Å². The minimum Gasteiger partial charge on any atom is -0.465 e. The Kier molecular flexibility index (Phi) is 3.54. The van der Waals surface area contributed by atoms with Crippen LogP contribution in [0.25, 0.3) is 5.69 Å². The summed E-state index contributed by atoms with van der Waals surface area (Å²) in [5, 5.41) is 17.7. The largest absolute Gasteiger partial charge is 0.465 e. The molecule has 1 N–H and O–H groups in total. The highest BCUT2D eigenvalue weighted by Gasteiger charge is 2.44. The number of halogens is 1. The van der Waals surface area contributed by atoms with Crippen LogP contribution < -0.4 is 0 Å². The number of hydrogen-bond donors (Lipinski definition) is 1. The average Bonchev–Trinajstić information content (AvgIpc) is 3.06. The molecule has 1 saturated heterocycles. The summed E-state index contributed by atoms with van der Waals surface area (Å²) in [5.41, 5.74) is 0.568. The Hall–Kier alpha value is -2.12. The lowest BCUT2D eigenvalue weighted by Gasteiger charge is -2.31.